The Morgan fingerprint density at radius 1 is 1.30 bits per heavy atom. The standard InChI is InChI=1S/C17H24N2O/c1-11-7-8-12(2)15(9-11)16-18-13(3)17(20)19(16)10-14-5-4-6-14/h7-9,13-14,16,18H,4-6,10H2,1-3H3. The highest BCUT2D eigenvalue weighted by molar-refractivity contribution is 5.84. The summed E-state index contributed by atoms with van der Waals surface area (Å²) in [5, 5.41) is 3.47. The number of hydrogen-bond donors (Lipinski definition) is 1. The topological polar surface area (TPSA) is 32.3 Å². The summed E-state index contributed by atoms with van der Waals surface area (Å²) >= 11 is 0. The van der Waals surface area contributed by atoms with E-state index in [0.29, 0.717) is 5.92 Å². The van der Waals surface area contributed by atoms with Gasteiger partial charge in [-0.2, -0.15) is 0 Å². The summed E-state index contributed by atoms with van der Waals surface area (Å²) in [7, 11) is 0. The average molecular weight is 272 g/mol. The maximum atomic E-state index is 12.4. The van der Waals surface area contributed by atoms with E-state index < -0.39 is 0 Å². The highest BCUT2D eigenvalue weighted by atomic mass is 16.2. The van der Waals surface area contributed by atoms with Crippen LogP contribution >= 0.6 is 0 Å². The molecule has 0 bridgehead atoms. The van der Waals surface area contributed by atoms with Crippen LogP contribution in [0.2, 0.25) is 0 Å². The first-order chi connectivity index (χ1) is 9.56. The fraction of sp³-hybridized carbons (Fsp3) is 0.588. The van der Waals surface area contributed by atoms with Crippen molar-refractivity contribution in [2.24, 2.45) is 5.92 Å². The largest absolute Gasteiger partial charge is 0.321 e. The summed E-state index contributed by atoms with van der Waals surface area (Å²) < 4.78 is 0. The van der Waals surface area contributed by atoms with Crippen molar-refractivity contribution in [3.05, 3.63) is 34.9 Å². The van der Waals surface area contributed by atoms with Crippen LogP contribution in [0.25, 0.3) is 0 Å². The van der Waals surface area contributed by atoms with E-state index in [1.807, 2.05) is 6.92 Å². The Labute approximate surface area is 121 Å². The molecule has 1 saturated carbocycles. The lowest BCUT2D eigenvalue weighted by atomic mass is 9.85. The molecule has 2 fully saturated rings. The zero-order chi connectivity index (χ0) is 14.3. The molecular formula is C17H24N2O. The van der Waals surface area contributed by atoms with E-state index in [-0.39, 0.29) is 18.1 Å². The summed E-state index contributed by atoms with van der Waals surface area (Å²) in [6.45, 7) is 7.13. The Morgan fingerprint density at radius 3 is 2.70 bits per heavy atom. The van der Waals surface area contributed by atoms with Crippen molar-refractivity contribution in [3.8, 4) is 0 Å². The monoisotopic (exact) mass is 272 g/mol. The molecule has 2 atom stereocenters. The first-order valence-electron chi connectivity index (χ1n) is 7.70. The second kappa shape index (κ2) is 5.21. The number of aryl methyl sites for hydroxylation is 2. The van der Waals surface area contributed by atoms with Crippen LogP contribution in [0.4, 0.5) is 0 Å². The van der Waals surface area contributed by atoms with Crippen LogP contribution in [0.3, 0.4) is 0 Å². The zero-order valence-corrected chi connectivity index (χ0v) is 12.6. The third-order valence-electron chi connectivity index (χ3n) is 4.78. The highest BCUT2D eigenvalue weighted by Gasteiger charge is 2.39. The third-order valence-corrected chi connectivity index (χ3v) is 4.78. The van der Waals surface area contributed by atoms with Crippen LogP contribution in [0, 0.1) is 19.8 Å². The normalized spacial score (nSPS) is 26.9. The number of hydrogen-bond acceptors (Lipinski definition) is 2. The first-order valence-corrected chi connectivity index (χ1v) is 7.70. The molecule has 3 nitrogen and oxygen atoms in total. The minimum absolute atomic E-state index is 0.0537. The van der Waals surface area contributed by atoms with E-state index in [0.717, 1.165) is 6.54 Å². The minimum Gasteiger partial charge on any atom is -0.321 e. The van der Waals surface area contributed by atoms with Gasteiger partial charge in [0.05, 0.1) is 6.04 Å². The van der Waals surface area contributed by atoms with Gasteiger partial charge in [-0.25, -0.2) is 0 Å². The van der Waals surface area contributed by atoms with Crippen molar-refractivity contribution in [2.45, 2.75) is 52.2 Å². The minimum atomic E-state index is -0.0695. The van der Waals surface area contributed by atoms with E-state index in [4.69, 9.17) is 0 Å². The van der Waals surface area contributed by atoms with Crippen molar-refractivity contribution >= 4 is 5.91 Å². The Bertz CT molecular complexity index is 522. The van der Waals surface area contributed by atoms with E-state index in [1.165, 1.54) is 36.0 Å². The molecule has 0 spiro atoms. The van der Waals surface area contributed by atoms with Gasteiger partial charge in [-0.1, -0.05) is 30.2 Å². The number of benzene rings is 1. The van der Waals surface area contributed by atoms with E-state index in [2.05, 4.69) is 42.3 Å². The number of carbonyl (C=O) groups is 1. The quantitative estimate of drug-likeness (QED) is 0.917. The lowest BCUT2D eigenvalue weighted by Gasteiger charge is -2.33. The van der Waals surface area contributed by atoms with E-state index in [9.17, 15) is 4.79 Å². The van der Waals surface area contributed by atoms with Gasteiger partial charge in [0.25, 0.3) is 0 Å². The molecule has 20 heavy (non-hydrogen) atoms. The molecule has 1 aromatic carbocycles. The zero-order valence-electron chi connectivity index (χ0n) is 12.6. The summed E-state index contributed by atoms with van der Waals surface area (Å²) in [5.41, 5.74) is 3.76. The Hall–Kier alpha value is -1.35. The van der Waals surface area contributed by atoms with Crippen molar-refractivity contribution in [1.82, 2.24) is 10.2 Å². The van der Waals surface area contributed by atoms with Crippen molar-refractivity contribution < 1.29 is 4.79 Å². The molecule has 0 aromatic heterocycles. The molecule has 1 aromatic rings. The molecule has 1 aliphatic carbocycles. The summed E-state index contributed by atoms with van der Waals surface area (Å²) in [4.78, 5) is 14.5. The van der Waals surface area contributed by atoms with Gasteiger partial charge in [-0.3, -0.25) is 10.1 Å². The molecule has 1 aliphatic heterocycles. The van der Waals surface area contributed by atoms with Crippen LogP contribution in [0.1, 0.15) is 49.0 Å². The van der Waals surface area contributed by atoms with Crippen LogP contribution < -0.4 is 5.32 Å². The van der Waals surface area contributed by atoms with Crippen LogP contribution in [0.15, 0.2) is 18.2 Å². The van der Waals surface area contributed by atoms with Gasteiger partial charge < -0.3 is 4.90 Å². The SMILES string of the molecule is Cc1ccc(C)c(C2NC(C)C(=O)N2CC2CCC2)c1. The second-order valence-electron chi connectivity index (χ2n) is 6.44. The fourth-order valence-electron chi connectivity index (χ4n) is 3.24. The Kier molecular flexibility index (Phi) is 3.55. The summed E-state index contributed by atoms with van der Waals surface area (Å²) in [6.07, 6.45) is 3.93. The van der Waals surface area contributed by atoms with Crippen molar-refractivity contribution in [3.63, 3.8) is 0 Å². The molecular weight excluding hydrogens is 248 g/mol. The molecule has 2 aliphatic rings. The number of amides is 1. The molecule has 1 saturated heterocycles. The van der Waals surface area contributed by atoms with Crippen molar-refractivity contribution in [1.29, 1.82) is 0 Å². The average Bonchev–Trinajstić information content (AvgIpc) is 2.64. The van der Waals surface area contributed by atoms with Gasteiger partial charge in [-0.05, 0) is 50.7 Å². The van der Waals surface area contributed by atoms with E-state index in [1.54, 1.807) is 0 Å². The molecule has 3 heteroatoms. The van der Waals surface area contributed by atoms with Crippen LogP contribution in [0.5, 0.6) is 0 Å². The predicted octanol–water partition coefficient (Wildman–Crippen LogP) is 2.92. The van der Waals surface area contributed by atoms with Gasteiger partial charge in [0.15, 0.2) is 0 Å². The van der Waals surface area contributed by atoms with Gasteiger partial charge in [0.2, 0.25) is 5.91 Å². The van der Waals surface area contributed by atoms with Gasteiger partial charge in [0, 0.05) is 6.54 Å². The predicted molar refractivity (Wildman–Crippen MR) is 80.3 cm³/mol. The van der Waals surface area contributed by atoms with Gasteiger partial charge in [-0.15, -0.1) is 0 Å². The molecule has 2 unspecified atom stereocenters. The van der Waals surface area contributed by atoms with Crippen LogP contribution in [-0.2, 0) is 4.79 Å². The maximum absolute atomic E-state index is 12.4. The van der Waals surface area contributed by atoms with Gasteiger partial charge in [0.1, 0.15) is 6.17 Å². The maximum Gasteiger partial charge on any atom is 0.241 e. The number of rotatable bonds is 3. The number of carbonyl (C=O) groups excluding carboxylic acids is 1. The molecule has 0 radical (unpaired) electrons. The fourth-order valence-corrected chi connectivity index (χ4v) is 3.24. The smallest absolute Gasteiger partial charge is 0.241 e. The third kappa shape index (κ3) is 2.35. The van der Waals surface area contributed by atoms with Crippen molar-refractivity contribution in [2.75, 3.05) is 6.54 Å². The summed E-state index contributed by atoms with van der Waals surface area (Å²) in [5.74, 6) is 0.960. The molecule has 1 N–H and O–H groups in total. The number of nitrogens with one attached hydrogen (secondary N) is 1. The lowest BCUT2D eigenvalue weighted by molar-refractivity contribution is -0.130. The first kappa shape index (κ1) is 13.6. The molecule has 1 heterocycles. The molecule has 3 rings (SSSR count). The molecule has 1 amide bonds. The van der Waals surface area contributed by atoms with E-state index >= 15 is 0 Å². The molecule has 108 valence electrons. The number of nitrogens with zero attached hydrogens (tertiary/aromatic N) is 1. The Balaban J connectivity index is 1.88. The second-order valence-corrected chi connectivity index (χ2v) is 6.44. The van der Waals surface area contributed by atoms with Crippen LogP contribution in [-0.4, -0.2) is 23.4 Å². The lowest BCUT2D eigenvalue weighted by Crippen LogP contribution is -2.37. The Morgan fingerprint density at radius 2 is 2.05 bits per heavy atom. The summed E-state index contributed by atoms with van der Waals surface area (Å²) in [6, 6.07) is 6.43. The highest BCUT2D eigenvalue weighted by Crippen LogP contribution is 2.33. The van der Waals surface area contributed by atoms with Gasteiger partial charge >= 0.3 is 0 Å².